The average molecular weight is 170 g/mol. The molecule has 0 N–H and O–H groups in total. The number of fused-ring (bicyclic) bond motifs is 1. The molecule has 2 saturated carbocycles. The van der Waals surface area contributed by atoms with Crippen LogP contribution >= 0.6 is 0 Å². The van der Waals surface area contributed by atoms with Crippen molar-refractivity contribution in [3.8, 4) is 0 Å². The molecule has 0 aromatic rings. The number of ketones is 1. The van der Waals surface area contributed by atoms with Gasteiger partial charge in [-0.3, -0.25) is 4.79 Å². The normalized spacial score (nSPS) is 44.9. The van der Waals surface area contributed by atoms with Crippen LogP contribution in [0, 0.1) is 11.3 Å². The molecular formula is C10H15FO. The van der Waals surface area contributed by atoms with E-state index in [4.69, 9.17) is 0 Å². The first-order chi connectivity index (χ1) is 5.48. The Bertz CT molecular complexity index is 234. The highest BCUT2D eigenvalue weighted by Crippen LogP contribution is 2.60. The Morgan fingerprint density at radius 1 is 1.50 bits per heavy atom. The van der Waals surface area contributed by atoms with Crippen molar-refractivity contribution in [2.45, 2.75) is 45.2 Å². The molecule has 0 amide bonds. The van der Waals surface area contributed by atoms with Crippen LogP contribution in [-0.4, -0.2) is 11.5 Å². The van der Waals surface area contributed by atoms with E-state index in [0.29, 0.717) is 6.42 Å². The van der Waals surface area contributed by atoms with Crippen molar-refractivity contribution in [1.29, 1.82) is 0 Å². The summed E-state index contributed by atoms with van der Waals surface area (Å²) in [4.78, 5) is 11.4. The van der Waals surface area contributed by atoms with Gasteiger partial charge in [0, 0.05) is 17.8 Å². The van der Waals surface area contributed by atoms with E-state index < -0.39 is 11.1 Å². The summed E-state index contributed by atoms with van der Waals surface area (Å²) in [6.07, 6.45) is 3.14. The monoisotopic (exact) mass is 170 g/mol. The predicted molar refractivity (Wildman–Crippen MR) is 44.6 cm³/mol. The summed E-state index contributed by atoms with van der Waals surface area (Å²) in [5, 5.41) is 0. The first kappa shape index (κ1) is 8.21. The maximum atomic E-state index is 14.2. The first-order valence-corrected chi connectivity index (χ1v) is 4.71. The lowest BCUT2D eigenvalue weighted by molar-refractivity contribution is -0.181. The van der Waals surface area contributed by atoms with Gasteiger partial charge >= 0.3 is 0 Å². The summed E-state index contributed by atoms with van der Waals surface area (Å²) in [6, 6.07) is 0. The molecule has 2 fully saturated rings. The average Bonchev–Trinajstić information content (AvgIpc) is 1.99. The van der Waals surface area contributed by atoms with E-state index in [0.717, 1.165) is 19.3 Å². The van der Waals surface area contributed by atoms with Crippen LogP contribution in [0.2, 0.25) is 0 Å². The van der Waals surface area contributed by atoms with Crippen LogP contribution in [0.1, 0.15) is 39.5 Å². The summed E-state index contributed by atoms with van der Waals surface area (Å²) in [5.41, 5.74) is -1.86. The largest absolute Gasteiger partial charge is 0.296 e. The van der Waals surface area contributed by atoms with Gasteiger partial charge in [0.15, 0.2) is 11.5 Å². The maximum absolute atomic E-state index is 14.2. The number of halogens is 1. The van der Waals surface area contributed by atoms with E-state index in [9.17, 15) is 9.18 Å². The van der Waals surface area contributed by atoms with Gasteiger partial charge in [0.05, 0.1) is 0 Å². The molecule has 1 nitrogen and oxygen atoms in total. The third kappa shape index (κ3) is 0.711. The van der Waals surface area contributed by atoms with Crippen LogP contribution in [-0.2, 0) is 4.79 Å². The third-order valence-electron chi connectivity index (χ3n) is 3.67. The van der Waals surface area contributed by atoms with E-state index in [1.54, 1.807) is 0 Å². The summed E-state index contributed by atoms with van der Waals surface area (Å²) in [5.74, 6) is -0.108. The fraction of sp³-hybridized carbons (Fsp3) is 0.900. The van der Waals surface area contributed by atoms with Crippen LogP contribution in [0.25, 0.3) is 0 Å². The van der Waals surface area contributed by atoms with Gasteiger partial charge in [0.25, 0.3) is 0 Å². The van der Waals surface area contributed by atoms with Crippen LogP contribution in [0.15, 0.2) is 0 Å². The Labute approximate surface area is 72.3 Å². The second-order valence-electron chi connectivity index (χ2n) is 4.81. The highest BCUT2D eigenvalue weighted by atomic mass is 19.1. The topological polar surface area (TPSA) is 17.1 Å². The lowest BCUT2D eigenvalue weighted by atomic mass is 9.48. The van der Waals surface area contributed by atoms with E-state index in [1.807, 2.05) is 13.8 Å². The van der Waals surface area contributed by atoms with Gasteiger partial charge in [-0.05, 0) is 19.3 Å². The number of carbonyl (C=O) groups is 1. The molecule has 2 atom stereocenters. The second-order valence-corrected chi connectivity index (χ2v) is 4.81. The standard InChI is InChI=1S/C10H15FO/c1-9(2)6-7-4-3-5-8(12)10(7,9)11/h7H,3-6H2,1-2H3. The van der Waals surface area contributed by atoms with Crippen molar-refractivity contribution in [3.63, 3.8) is 0 Å². The van der Waals surface area contributed by atoms with E-state index in [1.165, 1.54) is 0 Å². The minimum absolute atomic E-state index is 0.0359. The molecule has 2 aliphatic rings. The molecule has 2 unspecified atom stereocenters. The Morgan fingerprint density at radius 3 is 2.58 bits per heavy atom. The summed E-state index contributed by atoms with van der Waals surface area (Å²) in [6.45, 7) is 3.74. The number of alkyl halides is 1. The number of rotatable bonds is 0. The maximum Gasteiger partial charge on any atom is 0.176 e. The molecule has 0 aliphatic heterocycles. The number of hydrogen-bond acceptors (Lipinski definition) is 1. The van der Waals surface area contributed by atoms with Gasteiger partial charge in [-0.25, -0.2) is 4.39 Å². The van der Waals surface area contributed by atoms with E-state index >= 15 is 0 Å². The minimum Gasteiger partial charge on any atom is -0.296 e. The fourth-order valence-corrected chi connectivity index (χ4v) is 2.92. The molecule has 0 saturated heterocycles. The second kappa shape index (κ2) is 2.09. The van der Waals surface area contributed by atoms with Crippen molar-refractivity contribution in [1.82, 2.24) is 0 Å². The van der Waals surface area contributed by atoms with Gasteiger partial charge < -0.3 is 0 Å². The minimum atomic E-state index is -1.47. The summed E-state index contributed by atoms with van der Waals surface area (Å²) < 4.78 is 14.2. The molecule has 2 aliphatic carbocycles. The summed E-state index contributed by atoms with van der Waals surface area (Å²) in [7, 11) is 0. The number of carbonyl (C=O) groups excluding carboxylic acids is 1. The Morgan fingerprint density at radius 2 is 2.17 bits per heavy atom. The Kier molecular flexibility index (Phi) is 1.43. The zero-order valence-corrected chi connectivity index (χ0v) is 7.69. The zero-order chi connectivity index (χ0) is 8.98. The molecule has 0 radical (unpaired) electrons. The third-order valence-corrected chi connectivity index (χ3v) is 3.67. The molecule has 0 bridgehead atoms. The van der Waals surface area contributed by atoms with Crippen molar-refractivity contribution < 1.29 is 9.18 Å². The van der Waals surface area contributed by atoms with Crippen molar-refractivity contribution in [2.75, 3.05) is 0 Å². The van der Waals surface area contributed by atoms with Crippen LogP contribution in [0.5, 0.6) is 0 Å². The van der Waals surface area contributed by atoms with Gasteiger partial charge in [0.2, 0.25) is 0 Å². The molecule has 0 aromatic heterocycles. The van der Waals surface area contributed by atoms with Crippen molar-refractivity contribution in [2.24, 2.45) is 11.3 Å². The first-order valence-electron chi connectivity index (χ1n) is 4.71. The number of Topliss-reactive ketones (excluding diaryl/α,β-unsaturated/α-hetero) is 1. The van der Waals surface area contributed by atoms with Crippen molar-refractivity contribution in [3.05, 3.63) is 0 Å². The molecule has 68 valence electrons. The molecule has 0 aromatic carbocycles. The van der Waals surface area contributed by atoms with Crippen LogP contribution in [0.3, 0.4) is 0 Å². The van der Waals surface area contributed by atoms with Crippen LogP contribution < -0.4 is 0 Å². The van der Waals surface area contributed by atoms with Crippen molar-refractivity contribution >= 4 is 5.78 Å². The molecule has 2 heteroatoms. The lowest BCUT2D eigenvalue weighted by Crippen LogP contribution is -2.64. The Hall–Kier alpha value is -0.400. The van der Waals surface area contributed by atoms with E-state index in [2.05, 4.69) is 0 Å². The van der Waals surface area contributed by atoms with Crippen LogP contribution in [0.4, 0.5) is 4.39 Å². The SMILES string of the molecule is CC1(C)CC2CCCC(=O)C21F. The Balaban J connectivity index is 2.30. The molecule has 12 heavy (non-hydrogen) atoms. The highest BCUT2D eigenvalue weighted by molar-refractivity contribution is 5.90. The lowest BCUT2D eigenvalue weighted by Gasteiger charge is -2.57. The molecule has 0 spiro atoms. The molecule has 0 heterocycles. The van der Waals surface area contributed by atoms with Gasteiger partial charge in [-0.15, -0.1) is 0 Å². The van der Waals surface area contributed by atoms with Gasteiger partial charge in [-0.1, -0.05) is 13.8 Å². The summed E-state index contributed by atoms with van der Waals surface area (Å²) >= 11 is 0. The zero-order valence-electron chi connectivity index (χ0n) is 7.69. The molecule has 2 rings (SSSR count). The number of hydrogen-bond donors (Lipinski definition) is 0. The fourth-order valence-electron chi connectivity index (χ4n) is 2.92. The highest BCUT2D eigenvalue weighted by Gasteiger charge is 2.66. The van der Waals surface area contributed by atoms with Gasteiger partial charge in [-0.2, -0.15) is 0 Å². The van der Waals surface area contributed by atoms with Gasteiger partial charge in [0.1, 0.15) is 0 Å². The van der Waals surface area contributed by atoms with E-state index in [-0.39, 0.29) is 11.7 Å². The smallest absolute Gasteiger partial charge is 0.176 e. The predicted octanol–water partition coefficient (Wildman–Crippen LogP) is 2.49. The molecular weight excluding hydrogens is 155 g/mol. The quantitative estimate of drug-likeness (QED) is 0.546.